The Bertz CT molecular complexity index is 503. The second-order valence-electron chi connectivity index (χ2n) is 5.65. The lowest BCUT2D eigenvalue weighted by Crippen LogP contribution is -2.43. The molecular formula is C15H19FN2O. The zero-order valence-corrected chi connectivity index (χ0v) is 11.2. The number of piperidine rings is 1. The van der Waals surface area contributed by atoms with E-state index in [9.17, 15) is 9.18 Å². The number of fused-ring (bicyclic) bond motifs is 1. The largest absolute Gasteiger partial charge is 0.338 e. The predicted molar refractivity (Wildman–Crippen MR) is 71.5 cm³/mol. The van der Waals surface area contributed by atoms with Crippen molar-refractivity contribution in [3.63, 3.8) is 0 Å². The minimum absolute atomic E-state index is 0.161. The van der Waals surface area contributed by atoms with Crippen LogP contribution in [0.15, 0.2) is 18.2 Å². The lowest BCUT2D eigenvalue weighted by molar-refractivity contribution is 0.0637. The Kier molecular flexibility index (Phi) is 3.27. The second kappa shape index (κ2) is 4.93. The van der Waals surface area contributed by atoms with E-state index in [0.29, 0.717) is 17.4 Å². The first-order valence-electron chi connectivity index (χ1n) is 6.92. The van der Waals surface area contributed by atoms with Gasteiger partial charge in [-0.2, -0.15) is 0 Å². The molecule has 2 saturated heterocycles. The van der Waals surface area contributed by atoms with Crippen LogP contribution < -0.4 is 5.32 Å². The molecule has 3 rings (SSSR count). The molecular weight excluding hydrogens is 243 g/mol. The lowest BCUT2D eigenvalue weighted by atomic mass is 9.88. The van der Waals surface area contributed by atoms with Crippen LogP contribution in [0.4, 0.5) is 4.39 Å². The van der Waals surface area contributed by atoms with Gasteiger partial charge in [0.1, 0.15) is 5.82 Å². The molecule has 102 valence electrons. The van der Waals surface area contributed by atoms with Crippen LogP contribution in [0.2, 0.25) is 0 Å². The smallest absolute Gasteiger partial charge is 0.256 e. The number of carbonyl (C=O) groups is 1. The molecule has 2 aliphatic rings. The minimum atomic E-state index is -0.376. The van der Waals surface area contributed by atoms with E-state index in [1.807, 2.05) is 4.90 Å². The van der Waals surface area contributed by atoms with Crippen molar-refractivity contribution in [3.8, 4) is 0 Å². The number of nitrogens with zero attached hydrogens (tertiary/aromatic N) is 1. The molecule has 1 aromatic rings. The van der Waals surface area contributed by atoms with Crippen molar-refractivity contribution in [1.82, 2.24) is 10.2 Å². The van der Waals surface area contributed by atoms with E-state index in [-0.39, 0.29) is 17.3 Å². The van der Waals surface area contributed by atoms with Crippen LogP contribution in [-0.2, 0) is 0 Å². The second-order valence-corrected chi connectivity index (χ2v) is 5.65. The van der Waals surface area contributed by atoms with Crippen molar-refractivity contribution in [2.75, 3.05) is 26.2 Å². The van der Waals surface area contributed by atoms with Crippen LogP contribution in [-0.4, -0.2) is 37.0 Å². The highest BCUT2D eigenvalue weighted by molar-refractivity contribution is 5.94. The summed E-state index contributed by atoms with van der Waals surface area (Å²) in [4.78, 5) is 14.2. The predicted octanol–water partition coefficient (Wildman–Crippen LogP) is 1.82. The molecule has 1 amide bonds. The van der Waals surface area contributed by atoms with E-state index in [1.54, 1.807) is 25.1 Å². The topological polar surface area (TPSA) is 32.3 Å². The Morgan fingerprint density at radius 3 is 3.00 bits per heavy atom. The van der Waals surface area contributed by atoms with Crippen molar-refractivity contribution >= 4 is 5.91 Å². The van der Waals surface area contributed by atoms with Gasteiger partial charge in [-0.1, -0.05) is 12.1 Å². The average Bonchev–Trinajstić information content (AvgIpc) is 2.88. The van der Waals surface area contributed by atoms with Gasteiger partial charge in [0.15, 0.2) is 0 Å². The number of halogens is 1. The van der Waals surface area contributed by atoms with Gasteiger partial charge >= 0.3 is 0 Å². The Labute approximate surface area is 112 Å². The summed E-state index contributed by atoms with van der Waals surface area (Å²) in [6.07, 6.45) is 1.02. The summed E-state index contributed by atoms with van der Waals surface area (Å²) < 4.78 is 14.0. The number of aryl methyl sites for hydroxylation is 1. The first-order valence-corrected chi connectivity index (χ1v) is 6.92. The van der Waals surface area contributed by atoms with Gasteiger partial charge in [-0.15, -0.1) is 0 Å². The fourth-order valence-corrected chi connectivity index (χ4v) is 3.20. The van der Waals surface area contributed by atoms with Gasteiger partial charge in [-0.3, -0.25) is 4.79 Å². The van der Waals surface area contributed by atoms with Gasteiger partial charge in [-0.25, -0.2) is 4.39 Å². The summed E-state index contributed by atoms with van der Waals surface area (Å²) in [5.74, 6) is 0.683. The summed E-state index contributed by atoms with van der Waals surface area (Å²) in [5.41, 5.74) is 0.743. The lowest BCUT2D eigenvalue weighted by Gasteiger charge is -2.34. The Balaban J connectivity index is 1.79. The first kappa shape index (κ1) is 12.6. The number of amides is 1. The monoisotopic (exact) mass is 262 g/mol. The number of carbonyl (C=O) groups excluding carboxylic acids is 1. The van der Waals surface area contributed by atoms with E-state index in [4.69, 9.17) is 0 Å². The van der Waals surface area contributed by atoms with E-state index in [2.05, 4.69) is 5.32 Å². The number of likely N-dealkylation sites (tertiary alicyclic amines) is 1. The zero-order valence-electron chi connectivity index (χ0n) is 11.2. The maximum absolute atomic E-state index is 14.0. The highest BCUT2D eigenvalue weighted by atomic mass is 19.1. The fraction of sp³-hybridized carbons (Fsp3) is 0.533. The van der Waals surface area contributed by atoms with Crippen molar-refractivity contribution in [2.45, 2.75) is 13.3 Å². The fourth-order valence-electron chi connectivity index (χ4n) is 3.20. The van der Waals surface area contributed by atoms with Gasteiger partial charge < -0.3 is 10.2 Å². The number of benzene rings is 1. The average molecular weight is 262 g/mol. The molecule has 0 bridgehead atoms. The molecule has 0 saturated carbocycles. The molecule has 0 aliphatic carbocycles. The minimum Gasteiger partial charge on any atom is -0.338 e. The van der Waals surface area contributed by atoms with Crippen LogP contribution in [0.5, 0.6) is 0 Å². The van der Waals surface area contributed by atoms with Crippen LogP contribution in [0, 0.1) is 24.6 Å². The molecule has 2 atom stereocenters. The van der Waals surface area contributed by atoms with Crippen molar-refractivity contribution in [2.24, 2.45) is 11.8 Å². The Morgan fingerprint density at radius 1 is 1.37 bits per heavy atom. The highest BCUT2D eigenvalue weighted by Gasteiger charge is 2.35. The number of hydrogen-bond acceptors (Lipinski definition) is 2. The molecule has 2 fully saturated rings. The zero-order chi connectivity index (χ0) is 13.4. The highest BCUT2D eigenvalue weighted by Crippen LogP contribution is 2.27. The molecule has 2 unspecified atom stereocenters. The number of nitrogens with one attached hydrogen (secondary N) is 1. The van der Waals surface area contributed by atoms with Gasteiger partial charge in [0.25, 0.3) is 5.91 Å². The standard InChI is InChI=1S/C15H19FN2O/c1-10-3-2-4-13(14(10)16)15(19)18-6-5-11-7-17-8-12(11)9-18/h2-4,11-12,17H,5-9H2,1H3. The normalized spacial score (nSPS) is 26.3. The molecule has 1 aromatic carbocycles. The van der Waals surface area contributed by atoms with Crippen molar-refractivity contribution < 1.29 is 9.18 Å². The van der Waals surface area contributed by atoms with Gasteiger partial charge in [0, 0.05) is 13.1 Å². The van der Waals surface area contributed by atoms with Crippen LogP contribution >= 0.6 is 0 Å². The van der Waals surface area contributed by atoms with E-state index in [1.165, 1.54) is 0 Å². The number of rotatable bonds is 1. The maximum Gasteiger partial charge on any atom is 0.256 e. The third-order valence-electron chi connectivity index (χ3n) is 4.41. The van der Waals surface area contributed by atoms with Crippen molar-refractivity contribution in [3.05, 3.63) is 35.1 Å². The van der Waals surface area contributed by atoms with Gasteiger partial charge in [0.2, 0.25) is 0 Å². The molecule has 2 aliphatic heterocycles. The molecule has 0 spiro atoms. The molecule has 0 aromatic heterocycles. The summed E-state index contributed by atoms with van der Waals surface area (Å²) in [6, 6.07) is 5.03. The third-order valence-corrected chi connectivity index (χ3v) is 4.41. The summed E-state index contributed by atoms with van der Waals surface area (Å²) >= 11 is 0. The quantitative estimate of drug-likeness (QED) is 0.837. The molecule has 1 N–H and O–H groups in total. The summed E-state index contributed by atoms with van der Waals surface area (Å²) in [5, 5.41) is 3.37. The van der Waals surface area contributed by atoms with Gasteiger partial charge in [0.05, 0.1) is 5.56 Å². The van der Waals surface area contributed by atoms with Gasteiger partial charge in [-0.05, 0) is 49.9 Å². The molecule has 2 heterocycles. The molecule has 0 radical (unpaired) electrons. The van der Waals surface area contributed by atoms with Crippen LogP contribution in [0.25, 0.3) is 0 Å². The van der Waals surface area contributed by atoms with E-state index < -0.39 is 0 Å². The molecule has 4 heteroatoms. The first-order chi connectivity index (χ1) is 9.16. The van der Waals surface area contributed by atoms with Crippen molar-refractivity contribution in [1.29, 1.82) is 0 Å². The summed E-state index contributed by atoms with van der Waals surface area (Å²) in [6.45, 7) is 5.23. The summed E-state index contributed by atoms with van der Waals surface area (Å²) in [7, 11) is 0. The van der Waals surface area contributed by atoms with Crippen LogP contribution in [0.3, 0.4) is 0 Å². The molecule has 3 nitrogen and oxygen atoms in total. The van der Waals surface area contributed by atoms with Crippen LogP contribution in [0.1, 0.15) is 22.3 Å². The van der Waals surface area contributed by atoms with E-state index >= 15 is 0 Å². The molecule has 19 heavy (non-hydrogen) atoms. The Hall–Kier alpha value is -1.42. The third kappa shape index (κ3) is 2.25. The van der Waals surface area contributed by atoms with E-state index in [0.717, 1.165) is 32.6 Å². The SMILES string of the molecule is Cc1cccc(C(=O)N2CCC3CNCC3C2)c1F. The number of hydrogen-bond donors (Lipinski definition) is 1. The Morgan fingerprint density at radius 2 is 2.16 bits per heavy atom. The maximum atomic E-state index is 14.0.